The largest absolute Gasteiger partial charge is 0.280 e. The molecule has 0 aliphatic rings. The molecule has 0 saturated carbocycles. The number of hydrogen-bond donors (Lipinski definition) is 0. The average molecular weight is 169 g/mol. The molecule has 12 heavy (non-hydrogen) atoms. The number of pyridine rings is 1. The Bertz CT molecular complexity index is 294. The molecule has 1 aromatic heterocycles. The topological polar surface area (TPSA) is 12.9 Å². The first-order chi connectivity index (χ1) is 5.61. The predicted octanol–water partition coefficient (Wildman–Crippen LogP) is 3.05. The fourth-order valence-corrected chi connectivity index (χ4v) is 0.811. The second-order valence-electron chi connectivity index (χ2n) is 2.53. The highest BCUT2D eigenvalue weighted by molar-refractivity contribution is 5.57. The van der Waals surface area contributed by atoms with Gasteiger partial charge in [0.05, 0.1) is 5.69 Å². The summed E-state index contributed by atoms with van der Waals surface area (Å²) in [6.45, 7) is 5.35. The summed E-state index contributed by atoms with van der Waals surface area (Å²) in [5.74, 6) is 0. The fraction of sp³-hybridized carbons (Fsp3) is 0.222. The van der Waals surface area contributed by atoms with Crippen molar-refractivity contribution in [3.8, 4) is 0 Å². The minimum atomic E-state index is -2.51. The normalized spacial score (nSPS) is 10.3. The van der Waals surface area contributed by atoms with E-state index in [1.165, 1.54) is 6.07 Å². The van der Waals surface area contributed by atoms with Crippen LogP contribution in [0.3, 0.4) is 0 Å². The van der Waals surface area contributed by atoms with Gasteiger partial charge in [0, 0.05) is 0 Å². The second kappa shape index (κ2) is 3.43. The molecule has 1 aromatic rings. The molecule has 3 heteroatoms. The lowest BCUT2D eigenvalue weighted by atomic mass is 10.2. The van der Waals surface area contributed by atoms with E-state index < -0.39 is 6.43 Å². The van der Waals surface area contributed by atoms with Crippen LogP contribution < -0.4 is 0 Å². The third kappa shape index (κ3) is 1.87. The molecule has 1 nitrogen and oxygen atoms in total. The van der Waals surface area contributed by atoms with Crippen molar-refractivity contribution in [2.45, 2.75) is 13.3 Å². The molecular formula is C9H9F2N. The minimum Gasteiger partial charge on any atom is -0.247 e. The van der Waals surface area contributed by atoms with Crippen LogP contribution in [0.15, 0.2) is 24.8 Å². The van der Waals surface area contributed by atoms with E-state index >= 15 is 0 Å². The average Bonchev–Trinajstić information content (AvgIpc) is 2.04. The Labute approximate surface area is 69.8 Å². The summed E-state index contributed by atoms with van der Waals surface area (Å²) in [6, 6.07) is 4.52. The number of hydrogen-bond acceptors (Lipinski definition) is 1. The molecule has 0 fully saturated rings. The van der Waals surface area contributed by atoms with E-state index in [1.807, 2.05) is 0 Å². The van der Waals surface area contributed by atoms with Crippen LogP contribution in [0.4, 0.5) is 8.78 Å². The van der Waals surface area contributed by atoms with Crippen molar-refractivity contribution < 1.29 is 8.78 Å². The standard InChI is InChI=1S/C9H9F2N/c1-6(2)7-4-3-5-8(12-7)9(10)11/h3-5,9H,1H2,2H3. The van der Waals surface area contributed by atoms with Crippen LogP contribution in [0.2, 0.25) is 0 Å². The van der Waals surface area contributed by atoms with Crippen molar-refractivity contribution in [2.75, 3.05) is 0 Å². The van der Waals surface area contributed by atoms with E-state index in [0.717, 1.165) is 0 Å². The minimum absolute atomic E-state index is 0.199. The number of allylic oxidation sites excluding steroid dienone is 1. The van der Waals surface area contributed by atoms with Crippen molar-refractivity contribution in [2.24, 2.45) is 0 Å². The summed E-state index contributed by atoms with van der Waals surface area (Å²) in [5, 5.41) is 0. The van der Waals surface area contributed by atoms with Gasteiger partial charge in [0.15, 0.2) is 0 Å². The van der Waals surface area contributed by atoms with Gasteiger partial charge in [0.25, 0.3) is 6.43 Å². The van der Waals surface area contributed by atoms with Crippen molar-refractivity contribution >= 4 is 5.57 Å². The molecule has 0 N–H and O–H groups in total. The van der Waals surface area contributed by atoms with Crippen LogP contribution in [0.1, 0.15) is 24.7 Å². The maximum Gasteiger partial charge on any atom is 0.280 e. The first-order valence-corrected chi connectivity index (χ1v) is 3.52. The molecule has 0 unspecified atom stereocenters. The van der Waals surface area contributed by atoms with Crippen LogP contribution >= 0.6 is 0 Å². The van der Waals surface area contributed by atoms with Gasteiger partial charge >= 0.3 is 0 Å². The fourth-order valence-electron chi connectivity index (χ4n) is 0.811. The SMILES string of the molecule is C=C(C)c1cccc(C(F)F)n1. The van der Waals surface area contributed by atoms with Crippen molar-refractivity contribution in [1.82, 2.24) is 4.98 Å². The lowest BCUT2D eigenvalue weighted by molar-refractivity contribution is 0.146. The molecule has 0 aromatic carbocycles. The summed E-state index contributed by atoms with van der Waals surface area (Å²) in [7, 11) is 0. The molecule has 0 spiro atoms. The van der Waals surface area contributed by atoms with E-state index in [1.54, 1.807) is 19.1 Å². The molecule has 1 rings (SSSR count). The van der Waals surface area contributed by atoms with E-state index in [-0.39, 0.29) is 5.69 Å². The number of halogens is 2. The number of nitrogens with zero attached hydrogens (tertiary/aromatic N) is 1. The first-order valence-electron chi connectivity index (χ1n) is 3.52. The maximum atomic E-state index is 12.1. The number of alkyl halides is 2. The molecule has 0 saturated heterocycles. The Kier molecular flexibility index (Phi) is 2.53. The van der Waals surface area contributed by atoms with Crippen molar-refractivity contribution in [3.63, 3.8) is 0 Å². The zero-order valence-corrected chi connectivity index (χ0v) is 6.72. The zero-order valence-electron chi connectivity index (χ0n) is 6.72. The summed E-state index contributed by atoms with van der Waals surface area (Å²) >= 11 is 0. The van der Waals surface area contributed by atoms with E-state index in [4.69, 9.17) is 0 Å². The van der Waals surface area contributed by atoms with Gasteiger partial charge in [0.1, 0.15) is 5.69 Å². The number of aromatic nitrogens is 1. The van der Waals surface area contributed by atoms with Gasteiger partial charge in [-0.3, -0.25) is 0 Å². The summed E-state index contributed by atoms with van der Waals surface area (Å²) in [5.41, 5.74) is 1.01. The van der Waals surface area contributed by atoms with Gasteiger partial charge in [-0.25, -0.2) is 13.8 Å². The van der Waals surface area contributed by atoms with E-state index in [2.05, 4.69) is 11.6 Å². The Morgan fingerprint density at radius 2 is 2.17 bits per heavy atom. The second-order valence-corrected chi connectivity index (χ2v) is 2.53. The predicted molar refractivity (Wildman–Crippen MR) is 43.9 cm³/mol. The molecule has 0 aliphatic carbocycles. The van der Waals surface area contributed by atoms with Gasteiger partial charge in [0.2, 0.25) is 0 Å². The highest BCUT2D eigenvalue weighted by Gasteiger charge is 2.08. The molecule has 0 atom stereocenters. The van der Waals surface area contributed by atoms with Crippen LogP contribution in [-0.2, 0) is 0 Å². The third-order valence-electron chi connectivity index (χ3n) is 1.43. The Hall–Kier alpha value is -1.25. The molecule has 1 heterocycles. The smallest absolute Gasteiger partial charge is 0.247 e. The maximum absolute atomic E-state index is 12.1. The van der Waals surface area contributed by atoms with Gasteiger partial charge in [-0.2, -0.15) is 0 Å². The molecule has 0 amide bonds. The van der Waals surface area contributed by atoms with Crippen LogP contribution in [-0.4, -0.2) is 4.98 Å². The van der Waals surface area contributed by atoms with Crippen LogP contribution in [0.5, 0.6) is 0 Å². The first kappa shape index (κ1) is 8.84. The molecular weight excluding hydrogens is 160 g/mol. The molecule has 0 aliphatic heterocycles. The third-order valence-corrected chi connectivity index (χ3v) is 1.43. The van der Waals surface area contributed by atoms with Crippen LogP contribution in [0.25, 0.3) is 5.57 Å². The summed E-state index contributed by atoms with van der Waals surface area (Å²) < 4.78 is 24.2. The monoisotopic (exact) mass is 169 g/mol. The van der Waals surface area contributed by atoms with E-state index in [0.29, 0.717) is 11.3 Å². The van der Waals surface area contributed by atoms with Crippen molar-refractivity contribution in [3.05, 3.63) is 36.2 Å². The molecule has 64 valence electrons. The lowest BCUT2D eigenvalue weighted by Gasteiger charge is -2.01. The van der Waals surface area contributed by atoms with Crippen molar-refractivity contribution in [1.29, 1.82) is 0 Å². The molecule has 0 radical (unpaired) electrons. The Morgan fingerprint density at radius 3 is 2.67 bits per heavy atom. The highest BCUT2D eigenvalue weighted by atomic mass is 19.3. The number of rotatable bonds is 2. The van der Waals surface area contributed by atoms with Gasteiger partial charge in [-0.05, 0) is 24.6 Å². The lowest BCUT2D eigenvalue weighted by Crippen LogP contribution is -1.92. The highest BCUT2D eigenvalue weighted by Crippen LogP contribution is 2.18. The van der Waals surface area contributed by atoms with E-state index in [9.17, 15) is 8.78 Å². The quantitative estimate of drug-likeness (QED) is 0.663. The van der Waals surface area contributed by atoms with Gasteiger partial charge < -0.3 is 0 Å². The Balaban J connectivity index is 3.04. The Morgan fingerprint density at radius 1 is 1.50 bits per heavy atom. The van der Waals surface area contributed by atoms with Crippen LogP contribution in [0, 0.1) is 0 Å². The van der Waals surface area contributed by atoms with Gasteiger partial charge in [-0.1, -0.05) is 12.6 Å². The summed E-state index contributed by atoms with van der Waals surface area (Å²) in [4.78, 5) is 3.72. The van der Waals surface area contributed by atoms with Gasteiger partial charge in [-0.15, -0.1) is 0 Å². The zero-order chi connectivity index (χ0) is 9.14. The summed E-state index contributed by atoms with van der Waals surface area (Å²) in [6.07, 6.45) is -2.51. The molecule has 0 bridgehead atoms.